The first-order valence-electron chi connectivity index (χ1n) is 7.43. The van der Waals surface area contributed by atoms with Crippen molar-refractivity contribution in [2.45, 2.75) is 17.6 Å². The Morgan fingerprint density at radius 3 is 2.60 bits per heavy atom. The highest BCUT2D eigenvalue weighted by Gasteiger charge is 2.17. The van der Waals surface area contributed by atoms with Gasteiger partial charge < -0.3 is 9.47 Å². The number of carbonyl (C=O) groups is 1. The zero-order valence-corrected chi connectivity index (χ0v) is 15.0. The van der Waals surface area contributed by atoms with Gasteiger partial charge in [-0.2, -0.15) is 0 Å². The largest absolute Gasteiger partial charge is 0.475 e. The summed E-state index contributed by atoms with van der Waals surface area (Å²) in [5.41, 5.74) is 0.877. The minimum absolute atomic E-state index is 0.0409. The number of nitro benzene ring substituents is 1. The monoisotopic (exact) mass is 381 g/mol. The molecule has 0 bridgehead atoms. The highest BCUT2D eigenvalue weighted by molar-refractivity contribution is 7.98. The van der Waals surface area contributed by atoms with Crippen LogP contribution in [0.5, 0.6) is 5.75 Å². The molecule has 0 spiro atoms. The van der Waals surface area contributed by atoms with Crippen LogP contribution in [0.15, 0.2) is 47.4 Å². The van der Waals surface area contributed by atoms with E-state index < -0.39 is 10.9 Å². The molecule has 0 N–H and O–H groups in total. The van der Waals surface area contributed by atoms with Crippen LogP contribution in [0.1, 0.15) is 12.5 Å². The van der Waals surface area contributed by atoms with Crippen LogP contribution in [0.2, 0.25) is 5.02 Å². The molecule has 0 atom stereocenters. The van der Waals surface area contributed by atoms with Crippen molar-refractivity contribution in [1.82, 2.24) is 0 Å². The van der Waals surface area contributed by atoms with Gasteiger partial charge in [0.25, 0.3) is 0 Å². The molecule has 0 heterocycles. The lowest BCUT2D eigenvalue weighted by Crippen LogP contribution is -2.15. The second kappa shape index (κ2) is 9.29. The normalized spacial score (nSPS) is 10.3. The fraction of sp³-hybridized carbons (Fsp3) is 0.235. The topological polar surface area (TPSA) is 78.7 Å². The fourth-order valence-electron chi connectivity index (χ4n) is 1.94. The number of carbonyl (C=O) groups excluding carboxylic acids is 1. The van der Waals surface area contributed by atoms with E-state index in [4.69, 9.17) is 21.1 Å². The Balaban J connectivity index is 2.08. The van der Waals surface area contributed by atoms with Crippen molar-refractivity contribution in [3.63, 3.8) is 0 Å². The molecule has 0 unspecified atom stereocenters. The van der Waals surface area contributed by atoms with E-state index in [0.29, 0.717) is 10.8 Å². The Labute approximate surface area is 154 Å². The molecule has 132 valence electrons. The Morgan fingerprint density at radius 2 is 1.96 bits per heavy atom. The molecule has 0 aliphatic rings. The van der Waals surface area contributed by atoms with Crippen molar-refractivity contribution in [1.29, 1.82) is 0 Å². The van der Waals surface area contributed by atoms with Gasteiger partial charge in [-0.3, -0.25) is 10.1 Å². The highest BCUT2D eigenvalue weighted by atomic mass is 35.5. The standard InChI is InChI=1S/C17H16ClNO5S/c1-2-23-17(20)10-24-16-9-14(7-8-15(16)19(21)22)25-11-12-3-5-13(18)6-4-12/h3-9H,2,10-11H2,1H3. The summed E-state index contributed by atoms with van der Waals surface area (Å²) in [4.78, 5) is 22.7. The van der Waals surface area contributed by atoms with Gasteiger partial charge in [0.15, 0.2) is 12.4 Å². The van der Waals surface area contributed by atoms with Gasteiger partial charge in [-0.05, 0) is 30.7 Å². The predicted octanol–water partition coefficient (Wildman–Crippen LogP) is 4.48. The number of ether oxygens (including phenoxy) is 2. The maximum Gasteiger partial charge on any atom is 0.344 e. The van der Waals surface area contributed by atoms with Gasteiger partial charge in [0.05, 0.1) is 11.5 Å². The first kappa shape index (κ1) is 19.1. The van der Waals surface area contributed by atoms with E-state index in [1.165, 1.54) is 17.8 Å². The van der Waals surface area contributed by atoms with Crippen LogP contribution < -0.4 is 4.74 Å². The van der Waals surface area contributed by atoms with Gasteiger partial charge in [-0.1, -0.05) is 23.7 Å². The van der Waals surface area contributed by atoms with Crippen LogP contribution in [0, 0.1) is 10.1 Å². The first-order chi connectivity index (χ1) is 12.0. The minimum atomic E-state index is -0.573. The lowest BCUT2D eigenvalue weighted by Gasteiger charge is -2.08. The third-order valence-corrected chi connectivity index (χ3v) is 4.41. The maximum absolute atomic E-state index is 11.4. The molecule has 0 radical (unpaired) electrons. The van der Waals surface area contributed by atoms with E-state index in [-0.39, 0.29) is 24.7 Å². The van der Waals surface area contributed by atoms with Crippen molar-refractivity contribution in [3.8, 4) is 5.75 Å². The number of benzene rings is 2. The molecule has 0 fully saturated rings. The van der Waals surface area contributed by atoms with Gasteiger partial charge >= 0.3 is 11.7 Å². The fourth-order valence-corrected chi connectivity index (χ4v) is 2.94. The quantitative estimate of drug-likeness (QED) is 0.290. The van der Waals surface area contributed by atoms with E-state index in [9.17, 15) is 14.9 Å². The molecule has 0 saturated carbocycles. The molecule has 0 aliphatic heterocycles. The molecule has 6 nitrogen and oxygen atoms in total. The van der Waals surface area contributed by atoms with Crippen LogP contribution in [-0.4, -0.2) is 24.1 Å². The Kier molecular flexibility index (Phi) is 7.09. The minimum Gasteiger partial charge on any atom is -0.475 e. The molecular weight excluding hydrogens is 366 g/mol. The Bertz CT molecular complexity index is 751. The summed E-state index contributed by atoms with van der Waals surface area (Å²) in [6.45, 7) is 1.52. The summed E-state index contributed by atoms with van der Waals surface area (Å²) in [6.07, 6.45) is 0. The highest BCUT2D eigenvalue weighted by Crippen LogP contribution is 2.33. The number of nitrogens with zero attached hydrogens (tertiary/aromatic N) is 1. The van der Waals surface area contributed by atoms with Gasteiger partial charge in [-0.25, -0.2) is 4.79 Å². The first-order valence-corrected chi connectivity index (χ1v) is 8.80. The number of hydrogen-bond acceptors (Lipinski definition) is 6. The molecule has 0 aromatic heterocycles. The Hall–Kier alpha value is -2.25. The van der Waals surface area contributed by atoms with Gasteiger partial charge in [0.1, 0.15) is 0 Å². The summed E-state index contributed by atoms with van der Waals surface area (Å²) in [5.74, 6) is 0.141. The SMILES string of the molecule is CCOC(=O)COc1cc(SCc2ccc(Cl)cc2)ccc1[N+](=O)[O-]. The number of halogens is 1. The molecule has 0 saturated heterocycles. The van der Waals surface area contributed by atoms with E-state index in [2.05, 4.69) is 0 Å². The van der Waals surface area contributed by atoms with Crippen molar-refractivity contribution < 1.29 is 19.2 Å². The summed E-state index contributed by atoms with van der Waals surface area (Å²) < 4.78 is 10.0. The Morgan fingerprint density at radius 1 is 1.24 bits per heavy atom. The van der Waals surface area contributed by atoms with Crippen molar-refractivity contribution in [3.05, 3.63) is 63.2 Å². The third-order valence-electron chi connectivity index (χ3n) is 3.10. The van der Waals surface area contributed by atoms with Crippen LogP contribution in [0.3, 0.4) is 0 Å². The van der Waals surface area contributed by atoms with Gasteiger partial charge in [-0.15, -0.1) is 11.8 Å². The molecule has 25 heavy (non-hydrogen) atoms. The van der Waals surface area contributed by atoms with Crippen molar-refractivity contribution in [2.75, 3.05) is 13.2 Å². The maximum atomic E-state index is 11.4. The van der Waals surface area contributed by atoms with E-state index in [1.54, 1.807) is 31.2 Å². The number of nitro groups is 1. The molecule has 2 rings (SSSR count). The van der Waals surface area contributed by atoms with Crippen molar-refractivity contribution >= 4 is 35.0 Å². The molecule has 0 amide bonds. The number of hydrogen-bond donors (Lipinski definition) is 0. The summed E-state index contributed by atoms with van der Waals surface area (Å²) in [5, 5.41) is 11.8. The summed E-state index contributed by atoms with van der Waals surface area (Å²) in [7, 11) is 0. The average Bonchev–Trinajstić information content (AvgIpc) is 2.59. The smallest absolute Gasteiger partial charge is 0.344 e. The zero-order chi connectivity index (χ0) is 18.2. The molecule has 0 aliphatic carbocycles. The zero-order valence-electron chi connectivity index (χ0n) is 13.4. The van der Waals surface area contributed by atoms with E-state index in [0.717, 1.165) is 10.5 Å². The van der Waals surface area contributed by atoms with Crippen LogP contribution in [-0.2, 0) is 15.3 Å². The lowest BCUT2D eigenvalue weighted by molar-refractivity contribution is -0.385. The molecule has 2 aromatic rings. The summed E-state index contributed by atoms with van der Waals surface area (Å²) in [6, 6.07) is 12.0. The van der Waals surface area contributed by atoms with Gasteiger partial charge in [0.2, 0.25) is 0 Å². The van der Waals surface area contributed by atoms with E-state index >= 15 is 0 Å². The van der Waals surface area contributed by atoms with E-state index in [1.807, 2.05) is 12.1 Å². The molecule has 8 heteroatoms. The number of esters is 1. The third kappa shape index (κ3) is 5.95. The van der Waals surface area contributed by atoms with Crippen molar-refractivity contribution in [2.24, 2.45) is 0 Å². The van der Waals surface area contributed by atoms with Crippen LogP contribution in [0.25, 0.3) is 0 Å². The molecular formula is C17H16ClNO5S. The van der Waals surface area contributed by atoms with Crippen LogP contribution >= 0.6 is 23.4 Å². The molecule has 2 aromatic carbocycles. The second-order valence-corrected chi connectivity index (χ2v) is 6.38. The lowest BCUT2D eigenvalue weighted by atomic mass is 10.2. The van der Waals surface area contributed by atoms with Crippen LogP contribution in [0.4, 0.5) is 5.69 Å². The second-order valence-electron chi connectivity index (χ2n) is 4.90. The van der Waals surface area contributed by atoms with Gasteiger partial charge in [0, 0.05) is 27.8 Å². The predicted molar refractivity (Wildman–Crippen MR) is 96.2 cm³/mol. The number of rotatable bonds is 8. The number of thioether (sulfide) groups is 1. The average molecular weight is 382 g/mol. The summed E-state index contributed by atoms with van der Waals surface area (Å²) >= 11 is 7.35.